The van der Waals surface area contributed by atoms with E-state index in [0.717, 1.165) is 0 Å². The van der Waals surface area contributed by atoms with Crippen LogP contribution < -0.4 is 10.5 Å². The second kappa shape index (κ2) is 5.83. The van der Waals surface area contributed by atoms with Gasteiger partial charge < -0.3 is 15.2 Å². The lowest BCUT2D eigenvalue weighted by Gasteiger charge is -2.22. The van der Waals surface area contributed by atoms with Crippen molar-refractivity contribution in [1.29, 1.82) is 0 Å². The van der Waals surface area contributed by atoms with Crippen molar-refractivity contribution in [3.8, 4) is 12.0 Å². The summed E-state index contributed by atoms with van der Waals surface area (Å²) in [5.74, 6) is 0.412. The lowest BCUT2D eigenvalue weighted by Crippen LogP contribution is -2.25. The summed E-state index contributed by atoms with van der Waals surface area (Å²) in [6, 6.07) is 1.94. The molecule has 2 aromatic heterocycles. The lowest BCUT2D eigenvalue weighted by molar-refractivity contribution is 0.00467. The zero-order valence-electron chi connectivity index (χ0n) is 11.8. The van der Waals surface area contributed by atoms with Gasteiger partial charge in [-0.25, -0.2) is 4.68 Å². The third-order valence-corrected chi connectivity index (χ3v) is 2.82. The molecular weight excluding hydrogens is 260 g/mol. The highest BCUT2D eigenvalue weighted by Gasteiger charge is 2.17. The van der Waals surface area contributed by atoms with Crippen molar-refractivity contribution in [1.82, 2.24) is 24.7 Å². The van der Waals surface area contributed by atoms with Crippen LogP contribution >= 0.6 is 0 Å². The average Bonchev–Trinajstić information content (AvgIpc) is 2.92. The van der Waals surface area contributed by atoms with Gasteiger partial charge in [-0.3, -0.25) is 0 Å². The minimum Gasteiger partial charge on any atom is -0.463 e. The highest BCUT2D eigenvalue weighted by Crippen LogP contribution is 2.14. The van der Waals surface area contributed by atoms with E-state index in [9.17, 15) is 0 Å². The molecule has 0 aliphatic rings. The number of hydrogen-bond donors (Lipinski definition) is 1. The number of hydrogen-bond acceptors (Lipinski definition) is 7. The Morgan fingerprint density at radius 3 is 2.75 bits per heavy atom. The fourth-order valence-corrected chi connectivity index (χ4v) is 1.41. The Morgan fingerprint density at radius 2 is 2.10 bits per heavy atom. The van der Waals surface area contributed by atoms with E-state index in [2.05, 4.69) is 20.1 Å². The minimum absolute atomic E-state index is 0.0894. The molecule has 0 aromatic carbocycles. The van der Waals surface area contributed by atoms with Gasteiger partial charge in [0.15, 0.2) is 0 Å². The fourth-order valence-electron chi connectivity index (χ4n) is 1.41. The molecule has 2 N–H and O–H groups in total. The summed E-state index contributed by atoms with van der Waals surface area (Å²) in [5, 5.41) is 4.03. The van der Waals surface area contributed by atoms with Gasteiger partial charge in [0.05, 0.1) is 12.2 Å². The predicted octanol–water partition coefficient (Wildman–Crippen LogP) is 0.833. The Kier molecular flexibility index (Phi) is 4.14. The second-order valence-corrected chi connectivity index (χ2v) is 4.79. The van der Waals surface area contributed by atoms with E-state index in [4.69, 9.17) is 15.2 Å². The molecule has 0 radical (unpaired) electrons. The number of nitrogens with zero attached hydrogens (tertiary/aromatic N) is 5. The third-order valence-electron chi connectivity index (χ3n) is 2.82. The molecule has 0 aliphatic heterocycles. The summed E-state index contributed by atoms with van der Waals surface area (Å²) in [7, 11) is 1.66. The van der Waals surface area contributed by atoms with Crippen LogP contribution in [0.25, 0.3) is 5.95 Å². The monoisotopic (exact) mass is 278 g/mol. The largest absolute Gasteiger partial charge is 0.463 e. The first-order chi connectivity index (χ1) is 9.50. The average molecular weight is 278 g/mol. The van der Waals surface area contributed by atoms with E-state index in [1.165, 1.54) is 4.68 Å². The van der Waals surface area contributed by atoms with Crippen molar-refractivity contribution in [3.63, 3.8) is 0 Å². The standard InChI is InChI=1S/C12H18N6O2/c1-12(2,19-3)5-8-20-11-16-9(13)15-10(17-11)18-7-4-6-14-18/h4,6-7H,5,8H2,1-3H3,(H2,13,15,16,17). The maximum Gasteiger partial charge on any atom is 0.323 e. The highest BCUT2D eigenvalue weighted by molar-refractivity contribution is 5.24. The number of ether oxygens (including phenoxy) is 2. The summed E-state index contributed by atoms with van der Waals surface area (Å²) >= 11 is 0. The molecule has 2 heterocycles. The Hall–Kier alpha value is -2.22. The van der Waals surface area contributed by atoms with Crippen LogP contribution in [-0.2, 0) is 4.74 Å². The number of aromatic nitrogens is 5. The van der Waals surface area contributed by atoms with Crippen LogP contribution in [0.15, 0.2) is 18.5 Å². The molecule has 2 rings (SSSR count). The van der Waals surface area contributed by atoms with E-state index in [0.29, 0.717) is 19.0 Å². The molecular formula is C12H18N6O2. The van der Waals surface area contributed by atoms with Gasteiger partial charge in [-0.2, -0.15) is 20.1 Å². The predicted molar refractivity (Wildman–Crippen MR) is 72.6 cm³/mol. The number of methoxy groups -OCH3 is 1. The molecule has 0 bridgehead atoms. The molecule has 0 saturated carbocycles. The first kappa shape index (κ1) is 14.2. The van der Waals surface area contributed by atoms with E-state index < -0.39 is 0 Å². The fraction of sp³-hybridized carbons (Fsp3) is 0.500. The van der Waals surface area contributed by atoms with Gasteiger partial charge >= 0.3 is 6.01 Å². The van der Waals surface area contributed by atoms with Gasteiger partial charge in [0.25, 0.3) is 5.95 Å². The summed E-state index contributed by atoms with van der Waals surface area (Å²) in [5.41, 5.74) is 5.38. The second-order valence-electron chi connectivity index (χ2n) is 4.79. The summed E-state index contributed by atoms with van der Waals surface area (Å²) in [6.07, 6.45) is 4.04. The molecule has 0 amide bonds. The van der Waals surface area contributed by atoms with Crippen molar-refractivity contribution < 1.29 is 9.47 Å². The quantitative estimate of drug-likeness (QED) is 0.835. The molecule has 8 nitrogen and oxygen atoms in total. The van der Waals surface area contributed by atoms with Gasteiger partial charge in [-0.15, -0.1) is 0 Å². The molecule has 2 aromatic rings. The Morgan fingerprint density at radius 1 is 1.30 bits per heavy atom. The highest BCUT2D eigenvalue weighted by atomic mass is 16.5. The lowest BCUT2D eigenvalue weighted by atomic mass is 10.1. The first-order valence-corrected chi connectivity index (χ1v) is 6.20. The summed E-state index contributed by atoms with van der Waals surface area (Å²) < 4.78 is 12.3. The van der Waals surface area contributed by atoms with Gasteiger partial charge in [0.1, 0.15) is 0 Å². The van der Waals surface area contributed by atoms with E-state index in [1.54, 1.807) is 25.6 Å². The molecule has 0 atom stereocenters. The Labute approximate surface area is 117 Å². The smallest absolute Gasteiger partial charge is 0.323 e. The maximum absolute atomic E-state index is 5.64. The van der Waals surface area contributed by atoms with Crippen LogP contribution in [0, 0.1) is 0 Å². The van der Waals surface area contributed by atoms with Crippen LogP contribution in [0.5, 0.6) is 6.01 Å². The normalized spacial score (nSPS) is 11.6. The van der Waals surface area contributed by atoms with E-state index in [-0.39, 0.29) is 17.6 Å². The van der Waals surface area contributed by atoms with Crippen molar-refractivity contribution in [2.75, 3.05) is 19.5 Å². The van der Waals surface area contributed by atoms with Gasteiger partial charge in [0.2, 0.25) is 5.95 Å². The molecule has 0 saturated heterocycles. The molecule has 8 heteroatoms. The van der Waals surface area contributed by atoms with E-state index >= 15 is 0 Å². The van der Waals surface area contributed by atoms with Gasteiger partial charge in [-0.05, 0) is 19.9 Å². The van der Waals surface area contributed by atoms with E-state index in [1.807, 2.05) is 13.8 Å². The number of nitrogen functional groups attached to an aromatic ring is 1. The Balaban J connectivity index is 2.05. The number of nitrogens with two attached hydrogens (primary N) is 1. The van der Waals surface area contributed by atoms with Crippen LogP contribution in [0.3, 0.4) is 0 Å². The summed E-state index contributed by atoms with van der Waals surface area (Å²) in [6.45, 7) is 4.38. The minimum atomic E-state index is -0.261. The van der Waals surface area contributed by atoms with Crippen LogP contribution in [0.4, 0.5) is 5.95 Å². The number of rotatable bonds is 6. The molecule has 108 valence electrons. The third kappa shape index (κ3) is 3.64. The van der Waals surface area contributed by atoms with Gasteiger partial charge in [0, 0.05) is 25.9 Å². The van der Waals surface area contributed by atoms with Crippen molar-refractivity contribution in [2.24, 2.45) is 0 Å². The van der Waals surface area contributed by atoms with Crippen molar-refractivity contribution in [2.45, 2.75) is 25.9 Å². The van der Waals surface area contributed by atoms with Crippen LogP contribution in [0.2, 0.25) is 0 Å². The topological polar surface area (TPSA) is 101 Å². The van der Waals surface area contributed by atoms with Crippen molar-refractivity contribution in [3.05, 3.63) is 18.5 Å². The molecule has 0 aliphatic carbocycles. The SMILES string of the molecule is COC(C)(C)CCOc1nc(N)nc(-n2cccn2)n1. The molecule has 0 unspecified atom stereocenters. The Bertz CT molecular complexity index is 555. The number of anilines is 1. The molecule has 0 spiro atoms. The van der Waals surface area contributed by atoms with Gasteiger partial charge in [-0.1, -0.05) is 0 Å². The first-order valence-electron chi connectivity index (χ1n) is 6.20. The zero-order chi connectivity index (χ0) is 14.6. The van der Waals surface area contributed by atoms with Crippen LogP contribution in [0.1, 0.15) is 20.3 Å². The van der Waals surface area contributed by atoms with Crippen LogP contribution in [-0.4, -0.2) is 44.1 Å². The zero-order valence-corrected chi connectivity index (χ0v) is 11.8. The maximum atomic E-state index is 5.64. The molecule has 20 heavy (non-hydrogen) atoms. The summed E-state index contributed by atoms with van der Waals surface area (Å²) in [4.78, 5) is 12.1. The van der Waals surface area contributed by atoms with Crippen molar-refractivity contribution >= 4 is 5.95 Å². The molecule has 0 fully saturated rings.